The van der Waals surface area contributed by atoms with Crippen molar-refractivity contribution in [2.24, 2.45) is 0 Å². The van der Waals surface area contributed by atoms with E-state index >= 15 is 0 Å². The summed E-state index contributed by atoms with van der Waals surface area (Å²) in [4.78, 5) is 0. The number of benzene rings is 3. The van der Waals surface area contributed by atoms with Gasteiger partial charge in [0.2, 0.25) is 0 Å². The third-order valence-corrected chi connectivity index (χ3v) is 11.6. The van der Waals surface area contributed by atoms with Gasteiger partial charge in [-0.05, 0) is 116 Å². The smallest absolute Gasteiger partial charge is 0.491 e. The van der Waals surface area contributed by atoms with Gasteiger partial charge >= 0.3 is 21.4 Å². The van der Waals surface area contributed by atoms with Crippen LogP contribution in [0.1, 0.15) is 82.6 Å². The first-order valence-corrected chi connectivity index (χ1v) is 17.9. The fraction of sp³-hybridized carbons (Fsp3) is 0.538. The predicted molar refractivity (Wildman–Crippen MR) is 201 cm³/mol. The van der Waals surface area contributed by atoms with Gasteiger partial charge in [-0.1, -0.05) is 60.7 Å². The van der Waals surface area contributed by atoms with Gasteiger partial charge in [-0.15, -0.1) is 0 Å². The zero-order valence-electron chi connectivity index (χ0n) is 31.8. The maximum absolute atomic E-state index is 6.55. The molecular formula is C39H53B3O8. The van der Waals surface area contributed by atoms with Gasteiger partial charge in [0.25, 0.3) is 0 Å². The Hall–Kier alpha value is -2.63. The largest absolute Gasteiger partial charge is 0.494 e. The van der Waals surface area contributed by atoms with Crippen molar-refractivity contribution in [2.75, 3.05) is 19.8 Å². The van der Waals surface area contributed by atoms with Crippen molar-refractivity contribution in [3.8, 4) is 16.9 Å². The molecule has 0 N–H and O–H groups in total. The Bertz CT molecular complexity index is 1590. The first kappa shape index (κ1) is 37.1. The summed E-state index contributed by atoms with van der Waals surface area (Å²) in [6.07, 6.45) is 0.685. The quantitative estimate of drug-likeness (QED) is 0.188. The first-order chi connectivity index (χ1) is 23.3. The second-order valence-corrected chi connectivity index (χ2v) is 16.5. The summed E-state index contributed by atoms with van der Waals surface area (Å²) in [7, 11) is -1.24. The van der Waals surface area contributed by atoms with Crippen molar-refractivity contribution in [2.45, 2.75) is 116 Å². The monoisotopic (exact) mass is 682 g/mol. The molecule has 6 rings (SSSR count). The van der Waals surface area contributed by atoms with Crippen LogP contribution in [0, 0.1) is 0 Å². The predicted octanol–water partition coefficient (Wildman–Crippen LogP) is 5.72. The van der Waals surface area contributed by atoms with Crippen LogP contribution in [0.4, 0.5) is 0 Å². The molecule has 3 fully saturated rings. The zero-order chi connectivity index (χ0) is 36.2. The molecule has 3 aromatic carbocycles. The molecule has 3 aliphatic heterocycles. The zero-order valence-corrected chi connectivity index (χ0v) is 31.8. The van der Waals surface area contributed by atoms with Crippen LogP contribution in [-0.2, 0) is 32.7 Å². The molecule has 266 valence electrons. The molecule has 50 heavy (non-hydrogen) atoms. The van der Waals surface area contributed by atoms with Crippen LogP contribution in [-0.4, -0.2) is 74.8 Å². The minimum absolute atomic E-state index is 0.359. The van der Waals surface area contributed by atoms with Gasteiger partial charge < -0.3 is 37.4 Å². The van der Waals surface area contributed by atoms with E-state index < -0.39 is 25.4 Å². The lowest BCUT2D eigenvalue weighted by molar-refractivity contribution is -0.0364. The molecule has 0 amide bonds. The summed E-state index contributed by atoms with van der Waals surface area (Å²) in [5, 5.41) is 0. The lowest BCUT2D eigenvalue weighted by Crippen LogP contribution is -2.45. The van der Waals surface area contributed by atoms with E-state index in [0.29, 0.717) is 26.2 Å². The summed E-state index contributed by atoms with van der Waals surface area (Å²) in [6, 6.07) is 24.6. The molecule has 11 heteroatoms. The van der Waals surface area contributed by atoms with Crippen LogP contribution in [0.3, 0.4) is 0 Å². The second-order valence-electron chi connectivity index (χ2n) is 16.5. The molecule has 3 aliphatic rings. The van der Waals surface area contributed by atoms with E-state index in [1.54, 1.807) is 0 Å². The van der Waals surface area contributed by atoms with Crippen LogP contribution in [0.2, 0.25) is 0 Å². The summed E-state index contributed by atoms with van der Waals surface area (Å²) >= 11 is 0. The molecule has 0 unspecified atom stereocenters. The molecule has 3 aromatic rings. The Morgan fingerprint density at radius 1 is 0.420 bits per heavy atom. The second kappa shape index (κ2) is 13.4. The average Bonchev–Trinajstić information content (AvgIpc) is 3.53. The van der Waals surface area contributed by atoms with Crippen LogP contribution >= 0.6 is 0 Å². The Morgan fingerprint density at radius 2 is 0.780 bits per heavy atom. The molecule has 3 saturated heterocycles. The molecule has 8 nitrogen and oxygen atoms in total. The molecule has 0 bridgehead atoms. The molecule has 0 aliphatic carbocycles. The summed E-state index contributed by atoms with van der Waals surface area (Å²) in [6.45, 7) is 24.2. The van der Waals surface area contributed by atoms with E-state index in [1.165, 1.54) is 0 Å². The lowest BCUT2D eigenvalue weighted by Gasteiger charge is -2.36. The van der Waals surface area contributed by atoms with E-state index in [-0.39, 0.29) is 29.5 Å². The van der Waals surface area contributed by atoms with Gasteiger partial charge in [0, 0.05) is 13.0 Å². The van der Waals surface area contributed by atoms with Crippen LogP contribution in [0.25, 0.3) is 11.1 Å². The highest BCUT2D eigenvalue weighted by molar-refractivity contribution is 6.64. The van der Waals surface area contributed by atoms with Crippen molar-refractivity contribution >= 4 is 37.7 Å². The topological polar surface area (TPSA) is 73.8 Å². The van der Waals surface area contributed by atoms with Gasteiger partial charge in [-0.25, -0.2) is 0 Å². The lowest BCUT2D eigenvalue weighted by atomic mass is 9.74. The number of ether oxygens (including phenoxy) is 2. The third-order valence-electron chi connectivity index (χ3n) is 11.6. The van der Waals surface area contributed by atoms with Crippen LogP contribution in [0.5, 0.6) is 5.75 Å². The molecule has 0 radical (unpaired) electrons. The molecule has 0 saturated carbocycles. The Balaban J connectivity index is 0.935. The van der Waals surface area contributed by atoms with E-state index in [2.05, 4.69) is 113 Å². The first-order valence-electron chi connectivity index (χ1n) is 17.9. The third kappa shape index (κ3) is 7.33. The number of rotatable bonds is 11. The van der Waals surface area contributed by atoms with Crippen LogP contribution < -0.4 is 21.1 Å². The van der Waals surface area contributed by atoms with Gasteiger partial charge in [0.1, 0.15) is 12.4 Å². The summed E-state index contributed by atoms with van der Waals surface area (Å²) in [5.74, 6) is 0.805. The SMILES string of the molecule is CC1(C)OB(c2ccc(B3OC(C)(C)[C@@](C)(CCOCCOc4ccc(-c5ccc(B6OC(C)(C)C(C)(C)O6)cc5)cc4)O3)cc2)OC1(C)C. The highest BCUT2D eigenvalue weighted by Crippen LogP contribution is 2.40. The molecule has 3 heterocycles. The molecular weight excluding hydrogens is 629 g/mol. The van der Waals surface area contributed by atoms with E-state index in [0.717, 1.165) is 33.3 Å². The average molecular weight is 682 g/mol. The Labute approximate surface area is 300 Å². The highest BCUT2D eigenvalue weighted by Gasteiger charge is 2.55. The maximum Gasteiger partial charge on any atom is 0.494 e. The Kier molecular flexibility index (Phi) is 9.96. The number of hydrogen-bond donors (Lipinski definition) is 0. The molecule has 1 atom stereocenters. The fourth-order valence-electron chi connectivity index (χ4n) is 6.22. The minimum atomic E-state index is -0.527. The van der Waals surface area contributed by atoms with E-state index in [4.69, 9.17) is 37.4 Å². The summed E-state index contributed by atoms with van der Waals surface area (Å²) in [5.41, 5.74) is 2.67. The molecule has 0 spiro atoms. The Morgan fingerprint density at radius 3 is 1.22 bits per heavy atom. The highest BCUT2D eigenvalue weighted by atomic mass is 16.7. The van der Waals surface area contributed by atoms with Crippen LogP contribution in [0.15, 0.2) is 72.8 Å². The normalized spacial score (nSPS) is 24.6. The van der Waals surface area contributed by atoms with Crippen molar-refractivity contribution in [1.29, 1.82) is 0 Å². The van der Waals surface area contributed by atoms with Gasteiger partial charge in [-0.3, -0.25) is 0 Å². The summed E-state index contributed by atoms with van der Waals surface area (Å²) < 4.78 is 49.7. The van der Waals surface area contributed by atoms with E-state index in [9.17, 15) is 0 Å². The van der Waals surface area contributed by atoms with Crippen molar-refractivity contribution in [1.82, 2.24) is 0 Å². The number of hydrogen-bond acceptors (Lipinski definition) is 8. The van der Waals surface area contributed by atoms with Gasteiger partial charge in [0.15, 0.2) is 0 Å². The fourth-order valence-corrected chi connectivity index (χ4v) is 6.22. The van der Waals surface area contributed by atoms with Crippen molar-refractivity contribution in [3.05, 3.63) is 72.8 Å². The van der Waals surface area contributed by atoms with Crippen molar-refractivity contribution < 1.29 is 37.4 Å². The minimum Gasteiger partial charge on any atom is -0.491 e. The van der Waals surface area contributed by atoms with Gasteiger partial charge in [0.05, 0.1) is 40.2 Å². The van der Waals surface area contributed by atoms with Gasteiger partial charge in [-0.2, -0.15) is 0 Å². The molecule has 0 aromatic heterocycles. The standard InChI is InChI=1S/C39H53B3O8/c1-34(2)35(3,4)46-40(45-34)30-16-12-28(13-17-30)29-14-22-33(23-15-29)44-27-26-43-25-24-39(11)38(9,10)49-42(50-39)32-20-18-31(19-21-32)41-47-36(5,6)37(7,8)48-41/h12-23H,24-27H2,1-11H3/t39-/m1/s1. The van der Waals surface area contributed by atoms with E-state index in [1.807, 2.05) is 36.4 Å². The maximum atomic E-state index is 6.55. The van der Waals surface area contributed by atoms with Crippen molar-refractivity contribution in [3.63, 3.8) is 0 Å².